The lowest BCUT2D eigenvalue weighted by atomic mass is 9.95. The predicted molar refractivity (Wildman–Crippen MR) is 97.1 cm³/mol. The summed E-state index contributed by atoms with van der Waals surface area (Å²) in [6, 6.07) is 0.570. The number of rotatable bonds is 8. The average molecular weight is 338 g/mol. The van der Waals surface area contributed by atoms with Crippen LogP contribution < -0.4 is 5.32 Å². The Morgan fingerprint density at radius 2 is 2.00 bits per heavy atom. The molecule has 0 bridgehead atoms. The van der Waals surface area contributed by atoms with E-state index in [1.165, 1.54) is 50.6 Å². The first-order chi connectivity index (χ1) is 11.1. The topological polar surface area (TPSA) is 46.9 Å². The van der Waals surface area contributed by atoms with Crippen LogP contribution in [0.5, 0.6) is 0 Å². The minimum Gasteiger partial charge on any atom is -0.355 e. The van der Waals surface area contributed by atoms with E-state index in [1.807, 2.05) is 0 Å². The molecule has 0 spiro atoms. The Hall–Kier alpha value is -0.970. The van der Waals surface area contributed by atoms with E-state index in [1.54, 1.807) is 11.8 Å². The molecule has 130 valence electrons. The minimum atomic E-state index is 0.125. The molecule has 1 aliphatic rings. The number of aromatic nitrogens is 2. The second-order valence-corrected chi connectivity index (χ2v) is 7.52. The van der Waals surface area contributed by atoms with Crippen LogP contribution in [-0.2, 0) is 4.79 Å². The zero-order valence-electron chi connectivity index (χ0n) is 14.9. The number of imidazole rings is 1. The molecule has 1 saturated carbocycles. The number of nitrogens with one attached hydrogen (secondary N) is 1. The van der Waals surface area contributed by atoms with Gasteiger partial charge < -0.3 is 9.88 Å². The van der Waals surface area contributed by atoms with Crippen LogP contribution >= 0.6 is 11.8 Å². The molecule has 4 nitrogen and oxygen atoms in total. The fourth-order valence-electron chi connectivity index (χ4n) is 3.25. The van der Waals surface area contributed by atoms with Crippen LogP contribution in [0.25, 0.3) is 0 Å². The third-order valence-electron chi connectivity index (χ3n) is 4.73. The smallest absolute Gasteiger partial charge is 0.230 e. The SMILES string of the molecule is CCCCCNC(=O)CSc1nc(C)c(C)n1C1CCCCC1. The number of carbonyl (C=O) groups excluding carboxylic acids is 1. The molecule has 2 rings (SSSR count). The minimum absolute atomic E-state index is 0.125. The van der Waals surface area contributed by atoms with Crippen molar-refractivity contribution >= 4 is 17.7 Å². The van der Waals surface area contributed by atoms with Crippen LogP contribution in [0.15, 0.2) is 5.16 Å². The Morgan fingerprint density at radius 3 is 2.70 bits per heavy atom. The molecule has 0 saturated heterocycles. The molecule has 0 aromatic carbocycles. The lowest BCUT2D eigenvalue weighted by molar-refractivity contribution is -0.118. The summed E-state index contributed by atoms with van der Waals surface area (Å²) in [5, 5.41) is 4.04. The number of hydrogen-bond acceptors (Lipinski definition) is 3. The molecule has 1 aliphatic carbocycles. The van der Waals surface area contributed by atoms with Gasteiger partial charge in [-0.15, -0.1) is 0 Å². The first-order valence-electron chi connectivity index (χ1n) is 9.08. The van der Waals surface area contributed by atoms with Crippen molar-refractivity contribution in [2.45, 2.75) is 83.3 Å². The highest BCUT2D eigenvalue weighted by molar-refractivity contribution is 7.99. The van der Waals surface area contributed by atoms with Gasteiger partial charge in [0.2, 0.25) is 5.91 Å². The van der Waals surface area contributed by atoms with E-state index in [2.05, 4.69) is 30.7 Å². The lowest BCUT2D eigenvalue weighted by Crippen LogP contribution is -2.26. The third-order valence-corrected chi connectivity index (χ3v) is 5.68. The van der Waals surface area contributed by atoms with Gasteiger partial charge in [0.1, 0.15) is 0 Å². The molecular weight excluding hydrogens is 306 g/mol. The van der Waals surface area contributed by atoms with E-state index in [0.717, 1.165) is 23.8 Å². The molecule has 0 atom stereocenters. The molecule has 1 heterocycles. The number of hydrogen-bond donors (Lipinski definition) is 1. The molecule has 0 radical (unpaired) electrons. The molecule has 5 heteroatoms. The van der Waals surface area contributed by atoms with Crippen molar-refractivity contribution in [2.75, 3.05) is 12.3 Å². The lowest BCUT2D eigenvalue weighted by Gasteiger charge is -2.26. The molecule has 1 aromatic heterocycles. The molecule has 1 amide bonds. The van der Waals surface area contributed by atoms with Crippen LogP contribution in [0.3, 0.4) is 0 Å². The van der Waals surface area contributed by atoms with E-state index in [4.69, 9.17) is 4.98 Å². The molecule has 23 heavy (non-hydrogen) atoms. The average Bonchev–Trinajstić information content (AvgIpc) is 2.85. The van der Waals surface area contributed by atoms with E-state index < -0.39 is 0 Å². The highest BCUT2D eigenvalue weighted by Gasteiger charge is 2.22. The zero-order chi connectivity index (χ0) is 16.7. The molecule has 1 aromatic rings. The summed E-state index contributed by atoms with van der Waals surface area (Å²) < 4.78 is 2.39. The Labute approximate surface area is 144 Å². The van der Waals surface area contributed by atoms with Gasteiger partial charge in [0.25, 0.3) is 0 Å². The number of unbranched alkanes of at least 4 members (excludes halogenated alkanes) is 2. The van der Waals surface area contributed by atoms with Crippen molar-refractivity contribution in [2.24, 2.45) is 0 Å². The van der Waals surface area contributed by atoms with E-state index in [0.29, 0.717) is 11.8 Å². The van der Waals surface area contributed by atoms with E-state index >= 15 is 0 Å². The van der Waals surface area contributed by atoms with Crippen LogP contribution in [0.2, 0.25) is 0 Å². The number of amides is 1. The van der Waals surface area contributed by atoms with E-state index in [9.17, 15) is 4.79 Å². The number of nitrogens with zero attached hydrogens (tertiary/aromatic N) is 2. The largest absolute Gasteiger partial charge is 0.355 e. The van der Waals surface area contributed by atoms with Crippen LogP contribution in [-0.4, -0.2) is 27.8 Å². The maximum absolute atomic E-state index is 12.0. The number of thioether (sulfide) groups is 1. The van der Waals surface area contributed by atoms with Crippen LogP contribution in [0, 0.1) is 13.8 Å². The summed E-state index contributed by atoms with van der Waals surface area (Å²) in [5.41, 5.74) is 2.36. The standard InChI is InChI=1S/C18H31N3OS/c1-4-5-9-12-19-17(22)13-23-18-20-14(2)15(3)21(18)16-10-7-6-8-11-16/h16H,4-13H2,1-3H3,(H,19,22). The normalized spacial score (nSPS) is 15.8. The van der Waals surface area contributed by atoms with Gasteiger partial charge in [0.15, 0.2) is 5.16 Å². The number of carbonyl (C=O) groups is 1. The van der Waals surface area contributed by atoms with Gasteiger partial charge in [0.05, 0.1) is 11.4 Å². The highest BCUT2D eigenvalue weighted by Crippen LogP contribution is 2.34. The van der Waals surface area contributed by atoms with Crippen molar-refractivity contribution in [1.82, 2.24) is 14.9 Å². The molecule has 0 unspecified atom stereocenters. The van der Waals surface area contributed by atoms with Gasteiger partial charge in [-0.05, 0) is 33.1 Å². The quantitative estimate of drug-likeness (QED) is 0.565. The second-order valence-electron chi connectivity index (χ2n) is 6.57. The summed E-state index contributed by atoms with van der Waals surface area (Å²) in [7, 11) is 0. The molecule has 1 N–H and O–H groups in total. The summed E-state index contributed by atoms with van der Waals surface area (Å²) in [6.45, 7) is 7.20. The second kappa shape index (κ2) is 9.36. The van der Waals surface area contributed by atoms with Gasteiger partial charge in [0, 0.05) is 18.3 Å². The Kier molecular flexibility index (Phi) is 7.47. The van der Waals surface area contributed by atoms with Gasteiger partial charge in [-0.25, -0.2) is 4.98 Å². The first-order valence-corrected chi connectivity index (χ1v) is 10.1. The third kappa shape index (κ3) is 5.27. The molecule has 0 aliphatic heterocycles. The Morgan fingerprint density at radius 1 is 1.26 bits per heavy atom. The summed E-state index contributed by atoms with van der Waals surface area (Å²) >= 11 is 1.59. The summed E-state index contributed by atoms with van der Waals surface area (Å²) in [4.78, 5) is 16.7. The number of aryl methyl sites for hydroxylation is 1. The molecular formula is C18H31N3OS. The van der Waals surface area contributed by atoms with Crippen LogP contribution in [0.4, 0.5) is 0 Å². The van der Waals surface area contributed by atoms with Crippen molar-refractivity contribution < 1.29 is 4.79 Å². The Bertz CT molecular complexity index is 507. The first kappa shape index (κ1) is 18.4. The van der Waals surface area contributed by atoms with Crippen molar-refractivity contribution in [3.8, 4) is 0 Å². The van der Waals surface area contributed by atoms with Crippen LogP contribution in [0.1, 0.15) is 75.7 Å². The van der Waals surface area contributed by atoms with Gasteiger partial charge in [-0.3, -0.25) is 4.79 Å². The van der Waals surface area contributed by atoms with Gasteiger partial charge >= 0.3 is 0 Å². The van der Waals surface area contributed by atoms with Gasteiger partial charge in [-0.2, -0.15) is 0 Å². The Balaban J connectivity index is 1.91. The fourth-order valence-corrected chi connectivity index (χ4v) is 4.24. The maximum atomic E-state index is 12.0. The fraction of sp³-hybridized carbons (Fsp3) is 0.778. The predicted octanol–water partition coefficient (Wildman–Crippen LogP) is 4.40. The van der Waals surface area contributed by atoms with Crippen molar-refractivity contribution in [3.63, 3.8) is 0 Å². The van der Waals surface area contributed by atoms with Gasteiger partial charge in [-0.1, -0.05) is 50.8 Å². The highest BCUT2D eigenvalue weighted by atomic mass is 32.2. The van der Waals surface area contributed by atoms with Crippen molar-refractivity contribution in [1.29, 1.82) is 0 Å². The van der Waals surface area contributed by atoms with Crippen molar-refractivity contribution in [3.05, 3.63) is 11.4 Å². The van der Waals surface area contributed by atoms with E-state index in [-0.39, 0.29) is 5.91 Å². The summed E-state index contributed by atoms with van der Waals surface area (Å²) in [5.74, 6) is 0.592. The summed E-state index contributed by atoms with van der Waals surface area (Å²) in [6.07, 6.45) is 9.89. The zero-order valence-corrected chi connectivity index (χ0v) is 15.7. The maximum Gasteiger partial charge on any atom is 0.230 e. The monoisotopic (exact) mass is 337 g/mol. The molecule has 1 fully saturated rings.